The first-order valence-corrected chi connectivity index (χ1v) is 7.82. The highest BCUT2D eigenvalue weighted by Gasteiger charge is 2.21. The monoisotopic (exact) mass is 309 g/mol. The minimum absolute atomic E-state index is 0.127. The van der Waals surface area contributed by atoms with Crippen LogP contribution in [0.2, 0.25) is 0 Å². The molecule has 2 rings (SSSR count). The molecule has 2 N–H and O–H groups in total. The second-order valence-corrected chi connectivity index (χ2v) is 5.81. The molecule has 0 spiro atoms. The van der Waals surface area contributed by atoms with Gasteiger partial charge in [-0.05, 0) is 19.8 Å². The number of carbonyl (C=O) groups is 1. The van der Waals surface area contributed by atoms with E-state index >= 15 is 0 Å². The van der Waals surface area contributed by atoms with Crippen molar-refractivity contribution in [1.29, 1.82) is 0 Å². The maximum absolute atomic E-state index is 12.2. The number of thioether (sulfide) groups is 1. The van der Waals surface area contributed by atoms with Crippen LogP contribution in [0, 0.1) is 6.92 Å². The Morgan fingerprint density at radius 3 is 2.95 bits per heavy atom. The molecule has 2 aromatic rings. The number of hydrogen-bond donors (Lipinski definition) is 2. The maximum atomic E-state index is 12.2. The van der Waals surface area contributed by atoms with Crippen LogP contribution in [-0.4, -0.2) is 31.5 Å². The van der Waals surface area contributed by atoms with E-state index in [1.165, 1.54) is 11.8 Å². The van der Waals surface area contributed by atoms with Gasteiger partial charge in [-0.25, -0.2) is 4.98 Å². The molecule has 1 atom stereocenters. The van der Waals surface area contributed by atoms with Crippen LogP contribution in [0.15, 0.2) is 15.7 Å². The quantitative estimate of drug-likeness (QED) is 0.763. The molecule has 1 unspecified atom stereocenters. The summed E-state index contributed by atoms with van der Waals surface area (Å²) >= 11 is 1.35. The van der Waals surface area contributed by atoms with Crippen molar-refractivity contribution in [1.82, 2.24) is 20.3 Å². The number of hydrogen-bond acceptors (Lipinski definition) is 6. The van der Waals surface area contributed by atoms with Gasteiger partial charge >= 0.3 is 0 Å². The van der Waals surface area contributed by atoms with E-state index in [9.17, 15) is 4.79 Å². The van der Waals surface area contributed by atoms with E-state index < -0.39 is 0 Å². The molecule has 0 aliphatic carbocycles. The minimum atomic E-state index is -0.271. The number of carbonyl (C=O) groups excluding carboxylic acids is 1. The number of anilines is 1. The van der Waals surface area contributed by atoms with E-state index in [0.29, 0.717) is 23.2 Å². The Kier molecular flexibility index (Phi) is 5.38. The summed E-state index contributed by atoms with van der Waals surface area (Å²) in [5, 5.41) is 13.8. The number of aromatic amines is 1. The first-order chi connectivity index (χ1) is 10.1. The first-order valence-electron chi connectivity index (χ1n) is 6.94. The highest BCUT2D eigenvalue weighted by atomic mass is 32.2. The molecular weight excluding hydrogens is 290 g/mol. The number of amides is 1. The van der Waals surface area contributed by atoms with Gasteiger partial charge in [0.15, 0.2) is 5.82 Å². The summed E-state index contributed by atoms with van der Waals surface area (Å²) in [6, 6.07) is 1.68. The molecule has 1 amide bonds. The SMILES string of the molecule is CCCc1nc(SC(CC)C(=O)Nc2cc(C)on2)n[nH]1. The highest BCUT2D eigenvalue weighted by Crippen LogP contribution is 2.23. The van der Waals surface area contributed by atoms with Crippen molar-refractivity contribution in [2.75, 3.05) is 5.32 Å². The average Bonchev–Trinajstić information content (AvgIpc) is 3.06. The Hall–Kier alpha value is -1.83. The topological polar surface area (TPSA) is 96.7 Å². The molecule has 0 aromatic carbocycles. The van der Waals surface area contributed by atoms with Crippen LogP contribution in [0.3, 0.4) is 0 Å². The minimum Gasteiger partial charge on any atom is -0.360 e. The summed E-state index contributed by atoms with van der Waals surface area (Å²) in [5.41, 5.74) is 0. The zero-order valence-electron chi connectivity index (χ0n) is 12.3. The Labute approximate surface area is 127 Å². The van der Waals surface area contributed by atoms with E-state index in [-0.39, 0.29) is 11.2 Å². The Bertz CT molecular complexity index is 595. The highest BCUT2D eigenvalue weighted by molar-refractivity contribution is 8.00. The van der Waals surface area contributed by atoms with Crippen LogP contribution in [0.4, 0.5) is 5.82 Å². The number of aromatic nitrogens is 4. The summed E-state index contributed by atoms with van der Waals surface area (Å²) in [4.78, 5) is 16.6. The Balaban J connectivity index is 1.96. The van der Waals surface area contributed by atoms with Gasteiger partial charge in [0.05, 0.1) is 5.25 Å². The average molecular weight is 309 g/mol. The van der Waals surface area contributed by atoms with Crippen molar-refractivity contribution in [2.45, 2.75) is 50.4 Å². The van der Waals surface area contributed by atoms with Crippen molar-refractivity contribution >= 4 is 23.5 Å². The van der Waals surface area contributed by atoms with Gasteiger partial charge in [-0.15, -0.1) is 5.10 Å². The Morgan fingerprint density at radius 1 is 1.52 bits per heavy atom. The van der Waals surface area contributed by atoms with Gasteiger partial charge < -0.3 is 9.84 Å². The molecule has 0 saturated carbocycles. The summed E-state index contributed by atoms with van der Waals surface area (Å²) in [5.74, 6) is 1.81. The number of nitrogens with one attached hydrogen (secondary N) is 2. The van der Waals surface area contributed by atoms with Crippen molar-refractivity contribution in [3.63, 3.8) is 0 Å². The zero-order chi connectivity index (χ0) is 15.2. The predicted octanol–water partition coefficient (Wildman–Crippen LogP) is 2.56. The van der Waals surface area contributed by atoms with Crippen molar-refractivity contribution in [3.05, 3.63) is 17.7 Å². The normalized spacial score (nSPS) is 12.3. The lowest BCUT2D eigenvalue weighted by molar-refractivity contribution is -0.115. The number of H-pyrrole nitrogens is 1. The van der Waals surface area contributed by atoms with Crippen molar-refractivity contribution in [3.8, 4) is 0 Å². The van der Waals surface area contributed by atoms with Crippen LogP contribution >= 0.6 is 11.8 Å². The molecule has 2 aromatic heterocycles. The molecule has 0 fully saturated rings. The summed E-state index contributed by atoms with van der Waals surface area (Å²) in [6.07, 6.45) is 2.53. The first kappa shape index (κ1) is 15.6. The fraction of sp³-hybridized carbons (Fsp3) is 0.538. The zero-order valence-corrected chi connectivity index (χ0v) is 13.2. The van der Waals surface area contributed by atoms with E-state index in [4.69, 9.17) is 4.52 Å². The predicted molar refractivity (Wildman–Crippen MR) is 80.2 cm³/mol. The molecule has 0 aliphatic heterocycles. The summed E-state index contributed by atoms with van der Waals surface area (Å²) in [7, 11) is 0. The lowest BCUT2D eigenvalue weighted by atomic mass is 10.3. The van der Waals surface area contributed by atoms with Crippen LogP contribution < -0.4 is 5.32 Å². The molecule has 21 heavy (non-hydrogen) atoms. The molecule has 114 valence electrons. The van der Waals surface area contributed by atoms with Gasteiger partial charge in [0.25, 0.3) is 0 Å². The lowest BCUT2D eigenvalue weighted by Gasteiger charge is -2.10. The largest absolute Gasteiger partial charge is 0.360 e. The van der Waals surface area contributed by atoms with Crippen LogP contribution in [0.25, 0.3) is 0 Å². The summed E-state index contributed by atoms with van der Waals surface area (Å²) < 4.78 is 4.93. The van der Waals surface area contributed by atoms with Crippen LogP contribution in [0.1, 0.15) is 38.3 Å². The molecule has 0 saturated heterocycles. The molecule has 7 nitrogen and oxygen atoms in total. The fourth-order valence-corrected chi connectivity index (χ4v) is 2.61. The van der Waals surface area contributed by atoms with Gasteiger partial charge in [-0.2, -0.15) is 0 Å². The number of nitrogens with zero attached hydrogens (tertiary/aromatic N) is 3. The van der Waals surface area contributed by atoms with E-state index in [1.807, 2.05) is 6.92 Å². The Morgan fingerprint density at radius 2 is 2.33 bits per heavy atom. The van der Waals surface area contributed by atoms with Gasteiger partial charge in [-0.3, -0.25) is 9.89 Å². The van der Waals surface area contributed by atoms with E-state index in [0.717, 1.165) is 18.7 Å². The number of rotatable bonds is 7. The lowest BCUT2D eigenvalue weighted by Crippen LogP contribution is -2.24. The molecule has 0 bridgehead atoms. The van der Waals surface area contributed by atoms with Crippen molar-refractivity contribution < 1.29 is 9.32 Å². The van der Waals surface area contributed by atoms with Crippen molar-refractivity contribution in [2.24, 2.45) is 0 Å². The van der Waals surface area contributed by atoms with Crippen LogP contribution in [0.5, 0.6) is 0 Å². The summed E-state index contributed by atoms with van der Waals surface area (Å²) in [6.45, 7) is 5.81. The fourth-order valence-electron chi connectivity index (χ4n) is 1.76. The van der Waals surface area contributed by atoms with Gasteiger partial charge in [-0.1, -0.05) is 30.8 Å². The van der Waals surface area contributed by atoms with E-state index in [1.54, 1.807) is 13.0 Å². The molecule has 0 aliphatic rings. The second-order valence-electron chi connectivity index (χ2n) is 4.64. The maximum Gasteiger partial charge on any atom is 0.239 e. The van der Waals surface area contributed by atoms with E-state index in [2.05, 4.69) is 32.6 Å². The third-order valence-electron chi connectivity index (χ3n) is 2.79. The molecule has 8 heteroatoms. The number of aryl methyl sites for hydroxylation is 2. The van der Waals surface area contributed by atoms with Gasteiger partial charge in [0.1, 0.15) is 11.6 Å². The van der Waals surface area contributed by atoms with Gasteiger partial charge in [0, 0.05) is 12.5 Å². The van der Waals surface area contributed by atoms with Crippen LogP contribution in [-0.2, 0) is 11.2 Å². The third kappa shape index (κ3) is 4.32. The smallest absolute Gasteiger partial charge is 0.239 e. The standard InChI is InChI=1S/C13H19N5O2S/c1-4-6-10-15-13(17-16-10)21-9(5-2)12(19)14-11-7-8(3)20-18-11/h7,9H,4-6H2,1-3H3,(H,14,18,19)(H,15,16,17). The molecule has 2 heterocycles. The second kappa shape index (κ2) is 7.26. The van der Waals surface area contributed by atoms with Gasteiger partial charge in [0.2, 0.25) is 11.1 Å². The molecular formula is C13H19N5O2S. The third-order valence-corrected chi connectivity index (χ3v) is 4.01. The molecule has 0 radical (unpaired) electrons.